The average molecular weight is 1050 g/mol. The Morgan fingerprint density at radius 2 is 0.378 bits per heavy atom. The Kier molecular flexibility index (Phi) is 10.1. The molecule has 0 amide bonds. The minimum atomic E-state index is 0.546. The van der Waals surface area contributed by atoms with Crippen molar-refractivity contribution in [1.29, 1.82) is 0 Å². The van der Waals surface area contributed by atoms with Gasteiger partial charge in [0.25, 0.3) is 0 Å². The van der Waals surface area contributed by atoms with E-state index in [2.05, 4.69) is 285 Å². The normalized spacial score (nSPS) is 11.9. The average Bonchev–Trinajstić information content (AvgIpc) is 4.43. The highest BCUT2D eigenvalue weighted by Gasteiger charge is 2.23. The highest BCUT2D eigenvalue weighted by atomic mass is 15.3. The van der Waals surface area contributed by atoms with Crippen molar-refractivity contribution in [2.24, 2.45) is 0 Å². The lowest BCUT2D eigenvalue weighted by Crippen LogP contribution is -2.10. The molecule has 6 heterocycles. The molecule has 0 aliphatic heterocycles. The van der Waals surface area contributed by atoms with Crippen molar-refractivity contribution >= 4 is 87.2 Å². The van der Waals surface area contributed by atoms with Gasteiger partial charge in [-0.3, -0.25) is 18.3 Å². The molecule has 17 aromatic rings. The van der Waals surface area contributed by atoms with Crippen molar-refractivity contribution in [2.75, 3.05) is 0 Å². The van der Waals surface area contributed by atoms with Crippen LogP contribution in [-0.4, -0.2) is 48.2 Å². The van der Waals surface area contributed by atoms with Crippen LogP contribution < -0.4 is 0 Å². The van der Waals surface area contributed by atoms with E-state index in [1.54, 1.807) is 0 Å². The molecule has 6 aromatic heterocycles. The van der Waals surface area contributed by atoms with E-state index in [0.717, 1.165) is 121 Å². The minimum absolute atomic E-state index is 0.546. The fourth-order valence-electron chi connectivity index (χ4n) is 12.4. The SMILES string of the molecule is c1cc(-c2ccc(-c3nc(-n4c5ccccc5c5ccccc54)nc(-n4c5ccccc5c5ccccc54)n3)cc2)cc(-c2ccc(-c3nc(-n4c5ccccc5c5ccccc54)nc(-n4c5ccccc5c5ccccc54)n3)cc2)c1. The molecule has 11 aromatic carbocycles. The largest absolute Gasteiger partial charge is 0.278 e. The summed E-state index contributed by atoms with van der Waals surface area (Å²) in [5, 5.41) is 9.10. The van der Waals surface area contributed by atoms with Crippen molar-refractivity contribution in [1.82, 2.24) is 48.2 Å². The second-order valence-corrected chi connectivity index (χ2v) is 20.7. The smallest absolute Gasteiger partial charge is 0.240 e. The lowest BCUT2D eigenvalue weighted by molar-refractivity contribution is 0.892. The first-order chi connectivity index (χ1) is 40.7. The molecule has 82 heavy (non-hydrogen) atoms. The molecule has 0 radical (unpaired) electrons. The van der Waals surface area contributed by atoms with Crippen LogP contribution in [0.4, 0.5) is 0 Å². The number of aromatic nitrogens is 10. The molecule has 10 heteroatoms. The summed E-state index contributed by atoms with van der Waals surface area (Å²) >= 11 is 0. The van der Waals surface area contributed by atoms with Crippen LogP contribution in [0.2, 0.25) is 0 Å². The molecule has 0 aliphatic carbocycles. The second-order valence-electron chi connectivity index (χ2n) is 20.7. The number of nitrogens with zero attached hydrogens (tertiary/aromatic N) is 10. The van der Waals surface area contributed by atoms with Gasteiger partial charge < -0.3 is 0 Å². The summed E-state index contributed by atoms with van der Waals surface area (Å²) in [6, 6.07) is 93.4. The number of hydrogen-bond acceptors (Lipinski definition) is 6. The minimum Gasteiger partial charge on any atom is -0.278 e. The highest BCUT2D eigenvalue weighted by molar-refractivity contribution is 6.12. The summed E-state index contributed by atoms with van der Waals surface area (Å²) < 4.78 is 8.66. The van der Waals surface area contributed by atoms with E-state index < -0.39 is 0 Å². The van der Waals surface area contributed by atoms with Crippen LogP contribution in [0.3, 0.4) is 0 Å². The van der Waals surface area contributed by atoms with Crippen molar-refractivity contribution < 1.29 is 0 Å². The molecule has 0 saturated heterocycles. The summed E-state index contributed by atoms with van der Waals surface area (Å²) in [6.45, 7) is 0. The number of fused-ring (bicyclic) bond motifs is 12. The van der Waals surface area contributed by atoms with E-state index in [9.17, 15) is 0 Å². The van der Waals surface area contributed by atoms with Gasteiger partial charge in [0, 0.05) is 54.2 Å². The molecule has 10 nitrogen and oxygen atoms in total. The van der Waals surface area contributed by atoms with Crippen LogP contribution in [-0.2, 0) is 0 Å². The Morgan fingerprint density at radius 1 is 0.171 bits per heavy atom. The van der Waals surface area contributed by atoms with Gasteiger partial charge in [0.1, 0.15) is 0 Å². The van der Waals surface area contributed by atoms with Crippen molar-refractivity contribution in [3.8, 4) is 68.8 Å². The fourth-order valence-corrected chi connectivity index (χ4v) is 12.4. The van der Waals surface area contributed by atoms with Crippen LogP contribution >= 0.6 is 0 Å². The van der Waals surface area contributed by atoms with Crippen LogP contribution in [0.15, 0.2) is 267 Å². The Morgan fingerprint density at radius 3 is 0.610 bits per heavy atom. The van der Waals surface area contributed by atoms with Gasteiger partial charge in [-0.1, -0.05) is 212 Å². The molecule has 0 aliphatic rings. The first-order valence-electron chi connectivity index (χ1n) is 27.4. The van der Waals surface area contributed by atoms with Crippen molar-refractivity contribution in [3.05, 3.63) is 267 Å². The Labute approximate surface area is 468 Å². The van der Waals surface area contributed by atoms with E-state index >= 15 is 0 Å². The van der Waals surface area contributed by atoms with Crippen LogP contribution in [0.5, 0.6) is 0 Å². The van der Waals surface area contributed by atoms with E-state index in [1.165, 1.54) is 0 Å². The van der Waals surface area contributed by atoms with Crippen molar-refractivity contribution in [3.63, 3.8) is 0 Å². The monoisotopic (exact) mass is 1050 g/mol. The van der Waals surface area contributed by atoms with Gasteiger partial charge >= 0.3 is 0 Å². The second kappa shape index (κ2) is 18.1. The van der Waals surface area contributed by atoms with E-state index in [1.807, 2.05) is 0 Å². The Bertz CT molecular complexity index is 4600. The third-order valence-corrected chi connectivity index (χ3v) is 16.2. The van der Waals surface area contributed by atoms with Gasteiger partial charge in [-0.15, -0.1) is 0 Å². The molecular formula is C72H44N10. The summed E-state index contributed by atoms with van der Waals surface area (Å²) in [4.78, 5) is 31.9. The molecular weight excluding hydrogens is 1000 g/mol. The topological polar surface area (TPSA) is 97.1 Å². The van der Waals surface area contributed by atoms with Crippen molar-refractivity contribution in [2.45, 2.75) is 0 Å². The quantitative estimate of drug-likeness (QED) is 0.150. The summed E-state index contributed by atoms with van der Waals surface area (Å²) in [5.74, 6) is 3.34. The fraction of sp³-hybridized carbons (Fsp3) is 0. The molecule has 0 bridgehead atoms. The van der Waals surface area contributed by atoms with Gasteiger partial charge in [-0.05, 0) is 76.9 Å². The maximum absolute atomic E-state index is 5.33. The van der Waals surface area contributed by atoms with E-state index in [4.69, 9.17) is 29.9 Å². The molecule has 0 atom stereocenters. The van der Waals surface area contributed by atoms with Gasteiger partial charge in [-0.2, -0.15) is 29.9 Å². The third kappa shape index (κ3) is 7.08. The zero-order valence-corrected chi connectivity index (χ0v) is 43.9. The van der Waals surface area contributed by atoms with Crippen LogP contribution in [0.1, 0.15) is 0 Å². The molecule has 0 spiro atoms. The summed E-state index contributed by atoms with van der Waals surface area (Å²) in [6.07, 6.45) is 0. The van der Waals surface area contributed by atoms with E-state index in [0.29, 0.717) is 35.4 Å². The Hall–Kier alpha value is -11.4. The summed E-state index contributed by atoms with van der Waals surface area (Å²) in [7, 11) is 0. The van der Waals surface area contributed by atoms with Gasteiger partial charge in [0.05, 0.1) is 44.1 Å². The van der Waals surface area contributed by atoms with E-state index in [-0.39, 0.29) is 0 Å². The number of para-hydroxylation sites is 8. The first-order valence-corrected chi connectivity index (χ1v) is 27.4. The molecule has 0 unspecified atom stereocenters. The highest BCUT2D eigenvalue weighted by Crippen LogP contribution is 2.38. The molecule has 0 fully saturated rings. The predicted octanol–water partition coefficient (Wildman–Crippen LogP) is 17.1. The Balaban J connectivity index is 0.751. The van der Waals surface area contributed by atoms with Crippen LogP contribution in [0, 0.1) is 0 Å². The number of benzene rings is 11. The number of rotatable bonds is 8. The van der Waals surface area contributed by atoms with Gasteiger partial charge in [0.2, 0.25) is 23.8 Å². The molecule has 17 rings (SSSR count). The lowest BCUT2D eigenvalue weighted by Gasteiger charge is -2.13. The maximum atomic E-state index is 5.33. The van der Waals surface area contributed by atoms with Gasteiger partial charge in [0.15, 0.2) is 11.6 Å². The van der Waals surface area contributed by atoms with Gasteiger partial charge in [-0.25, -0.2) is 0 Å². The number of hydrogen-bond donors (Lipinski definition) is 0. The molecule has 382 valence electrons. The lowest BCUT2D eigenvalue weighted by atomic mass is 9.97. The predicted molar refractivity (Wildman–Crippen MR) is 332 cm³/mol. The third-order valence-electron chi connectivity index (χ3n) is 16.2. The molecule has 0 N–H and O–H groups in total. The molecule has 0 saturated carbocycles. The standard InChI is InChI=1S/C72H44N10/c1-9-28-59-51(20-1)52-21-2-10-29-60(52)79(59)69-73-67(74-70(77-69)80-61-30-11-3-22-53(61)54-23-4-12-31-62(54)80)47-40-36-45(37-41-47)49-18-17-19-50(44-49)46-38-42-48(43-39-46)68-75-71(81-63-32-13-5-24-55(63)56-25-6-14-33-64(56)81)78-72(76-68)82-65-34-15-7-26-57(65)58-27-8-16-35-66(58)82/h1-44H. The zero-order chi connectivity index (χ0) is 53.8. The zero-order valence-electron chi connectivity index (χ0n) is 43.9. The first kappa shape index (κ1) is 45.6. The maximum Gasteiger partial charge on any atom is 0.240 e. The summed E-state index contributed by atoms with van der Waals surface area (Å²) in [5.41, 5.74) is 14.3. The van der Waals surface area contributed by atoms with Crippen LogP contribution in [0.25, 0.3) is 156 Å².